The number of hydrogen-bond donors (Lipinski definition) is 3. The standard InChI is InChI=1S/C14H28N2O3/c1-10(17)6-5-7-15-11-8-12(9-11)16-13(18)19-14(2,3)4/h10-12,15,17H,5-9H2,1-4H3,(H,16,18). The number of alkyl carbamates (subject to hydrolysis) is 1. The van der Waals surface area contributed by atoms with Gasteiger partial charge >= 0.3 is 6.09 Å². The van der Waals surface area contributed by atoms with Gasteiger partial charge in [-0.3, -0.25) is 0 Å². The van der Waals surface area contributed by atoms with Crippen molar-refractivity contribution in [3.05, 3.63) is 0 Å². The van der Waals surface area contributed by atoms with Crippen molar-refractivity contribution < 1.29 is 14.6 Å². The number of nitrogens with one attached hydrogen (secondary N) is 2. The maximum absolute atomic E-state index is 11.5. The Balaban J connectivity index is 2.02. The monoisotopic (exact) mass is 272 g/mol. The summed E-state index contributed by atoms with van der Waals surface area (Å²) in [5, 5.41) is 15.4. The molecule has 1 saturated carbocycles. The van der Waals surface area contributed by atoms with Gasteiger partial charge in [0.15, 0.2) is 0 Å². The highest BCUT2D eigenvalue weighted by Crippen LogP contribution is 2.20. The van der Waals surface area contributed by atoms with Crippen molar-refractivity contribution in [1.82, 2.24) is 10.6 Å². The van der Waals surface area contributed by atoms with E-state index in [0.29, 0.717) is 6.04 Å². The normalized spacial score (nSPS) is 24.5. The lowest BCUT2D eigenvalue weighted by molar-refractivity contribution is 0.0465. The average Bonchev–Trinajstić information content (AvgIpc) is 2.16. The average molecular weight is 272 g/mol. The fraction of sp³-hybridized carbons (Fsp3) is 0.929. The van der Waals surface area contributed by atoms with Crippen LogP contribution < -0.4 is 10.6 Å². The van der Waals surface area contributed by atoms with Crippen molar-refractivity contribution >= 4 is 6.09 Å². The minimum atomic E-state index is -0.438. The Morgan fingerprint density at radius 1 is 1.37 bits per heavy atom. The van der Waals surface area contributed by atoms with Crippen LogP contribution in [0.2, 0.25) is 0 Å². The molecule has 0 aromatic carbocycles. The van der Waals surface area contributed by atoms with E-state index in [9.17, 15) is 4.79 Å². The molecule has 1 fully saturated rings. The third kappa shape index (κ3) is 7.38. The third-order valence-electron chi connectivity index (χ3n) is 3.09. The molecule has 0 radical (unpaired) electrons. The first-order chi connectivity index (χ1) is 8.76. The number of hydrogen-bond acceptors (Lipinski definition) is 4. The van der Waals surface area contributed by atoms with E-state index >= 15 is 0 Å². The summed E-state index contributed by atoms with van der Waals surface area (Å²) < 4.78 is 5.21. The molecule has 1 unspecified atom stereocenters. The zero-order valence-electron chi connectivity index (χ0n) is 12.5. The van der Waals surface area contributed by atoms with Crippen LogP contribution in [0.25, 0.3) is 0 Å². The lowest BCUT2D eigenvalue weighted by Crippen LogP contribution is -2.53. The summed E-state index contributed by atoms with van der Waals surface area (Å²) in [5.74, 6) is 0. The molecule has 0 bridgehead atoms. The smallest absolute Gasteiger partial charge is 0.407 e. The molecule has 0 heterocycles. The van der Waals surface area contributed by atoms with Gasteiger partial charge in [0, 0.05) is 12.1 Å². The van der Waals surface area contributed by atoms with Crippen LogP contribution in [0.1, 0.15) is 53.4 Å². The van der Waals surface area contributed by atoms with Gasteiger partial charge in [-0.1, -0.05) is 0 Å². The highest BCUT2D eigenvalue weighted by Gasteiger charge is 2.30. The van der Waals surface area contributed by atoms with E-state index in [4.69, 9.17) is 9.84 Å². The van der Waals surface area contributed by atoms with Gasteiger partial charge in [-0.25, -0.2) is 4.79 Å². The Labute approximate surface area is 116 Å². The SMILES string of the molecule is CC(O)CCCNC1CC(NC(=O)OC(C)(C)C)C1. The molecule has 0 aliphatic heterocycles. The van der Waals surface area contributed by atoms with E-state index in [1.165, 1.54) is 0 Å². The van der Waals surface area contributed by atoms with E-state index in [1.54, 1.807) is 0 Å². The van der Waals surface area contributed by atoms with Crippen LogP contribution >= 0.6 is 0 Å². The van der Waals surface area contributed by atoms with Crippen LogP contribution in [0.4, 0.5) is 4.79 Å². The van der Waals surface area contributed by atoms with Gasteiger partial charge in [-0.2, -0.15) is 0 Å². The van der Waals surface area contributed by atoms with Crippen molar-refractivity contribution in [3.8, 4) is 0 Å². The molecule has 0 aromatic rings. The number of carbonyl (C=O) groups excluding carboxylic acids is 1. The lowest BCUT2D eigenvalue weighted by atomic mass is 9.87. The molecule has 1 amide bonds. The van der Waals surface area contributed by atoms with Crippen LogP contribution in [-0.4, -0.2) is 41.5 Å². The van der Waals surface area contributed by atoms with Gasteiger partial charge in [0.2, 0.25) is 0 Å². The first-order valence-electron chi connectivity index (χ1n) is 7.17. The quantitative estimate of drug-likeness (QED) is 0.645. The van der Waals surface area contributed by atoms with E-state index in [0.717, 1.165) is 32.2 Å². The number of carbonyl (C=O) groups is 1. The second kappa shape index (κ2) is 7.10. The summed E-state index contributed by atoms with van der Waals surface area (Å²) in [4.78, 5) is 11.5. The molecule has 5 heteroatoms. The summed E-state index contributed by atoms with van der Waals surface area (Å²) >= 11 is 0. The van der Waals surface area contributed by atoms with Gasteiger partial charge < -0.3 is 20.5 Å². The first kappa shape index (κ1) is 16.2. The Morgan fingerprint density at radius 3 is 2.53 bits per heavy atom. The second-order valence-electron chi connectivity index (χ2n) is 6.46. The van der Waals surface area contributed by atoms with Gasteiger partial charge in [0.25, 0.3) is 0 Å². The molecule has 1 atom stereocenters. The van der Waals surface area contributed by atoms with Crippen LogP contribution in [0, 0.1) is 0 Å². The molecule has 3 N–H and O–H groups in total. The number of aliphatic hydroxyl groups is 1. The first-order valence-corrected chi connectivity index (χ1v) is 7.17. The van der Waals surface area contributed by atoms with Gasteiger partial charge in [-0.15, -0.1) is 0 Å². The second-order valence-corrected chi connectivity index (χ2v) is 6.46. The Hall–Kier alpha value is -0.810. The fourth-order valence-corrected chi connectivity index (χ4v) is 2.08. The summed E-state index contributed by atoms with van der Waals surface area (Å²) in [5.41, 5.74) is -0.438. The lowest BCUT2D eigenvalue weighted by Gasteiger charge is -2.36. The predicted octanol–water partition coefficient (Wildman–Crippen LogP) is 1.79. The topological polar surface area (TPSA) is 70.6 Å². The molecule has 0 aromatic heterocycles. The molecule has 1 aliphatic carbocycles. The highest BCUT2D eigenvalue weighted by atomic mass is 16.6. The van der Waals surface area contributed by atoms with Gasteiger partial charge in [-0.05, 0) is 59.9 Å². The Morgan fingerprint density at radius 2 is 2.00 bits per heavy atom. The van der Waals surface area contributed by atoms with Crippen molar-refractivity contribution in [1.29, 1.82) is 0 Å². The van der Waals surface area contributed by atoms with Gasteiger partial charge in [0.05, 0.1) is 6.10 Å². The number of amides is 1. The number of aliphatic hydroxyl groups excluding tert-OH is 1. The minimum absolute atomic E-state index is 0.218. The highest BCUT2D eigenvalue weighted by molar-refractivity contribution is 5.68. The van der Waals surface area contributed by atoms with E-state index < -0.39 is 5.60 Å². The van der Waals surface area contributed by atoms with Gasteiger partial charge in [0.1, 0.15) is 5.60 Å². The molecular weight excluding hydrogens is 244 g/mol. The molecule has 112 valence electrons. The molecule has 1 aliphatic rings. The predicted molar refractivity (Wildman–Crippen MR) is 75.1 cm³/mol. The van der Waals surface area contributed by atoms with Crippen molar-refractivity contribution in [2.75, 3.05) is 6.54 Å². The van der Waals surface area contributed by atoms with Crippen LogP contribution in [0.15, 0.2) is 0 Å². The molecule has 0 saturated heterocycles. The van der Waals surface area contributed by atoms with Crippen molar-refractivity contribution in [3.63, 3.8) is 0 Å². The molecular formula is C14H28N2O3. The van der Waals surface area contributed by atoms with Crippen molar-refractivity contribution in [2.45, 2.75) is 77.2 Å². The Kier molecular flexibility index (Phi) is 6.07. The van der Waals surface area contributed by atoms with E-state index in [2.05, 4.69) is 10.6 Å². The maximum Gasteiger partial charge on any atom is 0.407 e. The summed E-state index contributed by atoms with van der Waals surface area (Å²) in [7, 11) is 0. The van der Waals surface area contributed by atoms with Crippen molar-refractivity contribution in [2.24, 2.45) is 0 Å². The zero-order valence-corrected chi connectivity index (χ0v) is 12.5. The van der Waals surface area contributed by atoms with E-state index in [-0.39, 0.29) is 18.2 Å². The van der Waals surface area contributed by atoms with Crippen LogP contribution in [-0.2, 0) is 4.74 Å². The maximum atomic E-state index is 11.5. The number of rotatable bonds is 6. The largest absolute Gasteiger partial charge is 0.444 e. The van der Waals surface area contributed by atoms with Crippen LogP contribution in [0.3, 0.4) is 0 Å². The fourth-order valence-electron chi connectivity index (χ4n) is 2.08. The summed E-state index contributed by atoms with van der Waals surface area (Å²) in [6.07, 6.45) is 3.18. The third-order valence-corrected chi connectivity index (χ3v) is 3.09. The minimum Gasteiger partial charge on any atom is -0.444 e. The molecule has 19 heavy (non-hydrogen) atoms. The number of ether oxygens (including phenoxy) is 1. The Bertz CT molecular complexity index is 281. The van der Waals surface area contributed by atoms with E-state index in [1.807, 2.05) is 27.7 Å². The molecule has 5 nitrogen and oxygen atoms in total. The zero-order chi connectivity index (χ0) is 14.5. The summed E-state index contributed by atoms with van der Waals surface area (Å²) in [6.45, 7) is 8.32. The van der Waals surface area contributed by atoms with Crippen LogP contribution in [0.5, 0.6) is 0 Å². The summed E-state index contributed by atoms with van der Waals surface area (Å²) in [6, 6.07) is 0.707. The molecule has 1 rings (SSSR count). The molecule has 0 spiro atoms.